The number of carboxylic acid groups (broad SMARTS) is 1. The van der Waals surface area contributed by atoms with Crippen molar-refractivity contribution in [2.24, 2.45) is 5.41 Å². The Morgan fingerprint density at radius 3 is 2.27 bits per heavy atom. The summed E-state index contributed by atoms with van der Waals surface area (Å²) in [6, 6.07) is 10.9. The minimum absolute atomic E-state index is 0.100. The summed E-state index contributed by atoms with van der Waals surface area (Å²) >= 11 is 5.89. The Kier molecular flexibility index (Phi) is 9.93. The van der Waals surface area contributed by atoms with Crippen molar-refractivity contribution in [1.82, 2.24) is 25.6 Å². The summed E-state index contributed by atoms with van der Waals surface area (Å²) in [5.74, 6) is 0.136. The van der Waals surface area contributed by atoms with Gasteiger partial charge in [-0.2, -0.15) is 23.1 Å². The van der Waals surface area contributed by atoms with Crippen molar-refractivity contribution in [3.8, 4) is 6.01 Å². The molecule has 0 saturated carbocycles. The van der Waals surface area contributed by atoms with Crippen LogP contribution >= 0.6 is 11.6 Å². The number of pyridine rings is 1. The number of aromatic nitrogens is 3. The molecule has 0 aliphatic carbocycles. The third-order valence-electron chi connectivity index (χ3n) is 5.18. The van der Waals surface area contributed by atoms with E-state index in [1.165, 1.54) is 24.4 Å². The Hall–Kier alpha value is -4.33. The molecule has 0 unspecified atom stereocenters. The highest BCUT2D eigenvalue weighted by Gasteiger charge is 2.29. The lowest BCUT2D eigenvalue weighted by molar-refractivity contribution is -0.154. The number of alkyl halides is 3. The molecule has 3 aromatic rings. The molecule has 0 bridgehead atoms. The van der Waals surface area contributed by atoms with E-state index in [1.807, 2.05) is 0 Å². The SMILES string of the molecule is CC(C)(CNC(=O)O)CNC(=O)c1ccc(Nc2cc(NCc3ccc(Cl)cc3)nc(OCC(F)(F)F)n2)nc1. The quantitative estimate of drug-likeness (QED) is 0.202. The number of hydrogen-bond donors (Lipinski definition) is 5. The average molecular weight is 582 g/mol. The Balaban J connectivity index is 1.68. The summed E-state index contributed by atoms with van der Waals surface area (Å²) in [6.45, 7) is 2.67. The molecular formula is C25H27ClF3N7O4. The predicted octanol–water partition coefficient (Wildman–Crippen LogP) is 4.85. The molecule has 3 rings (SSSR count). The lowest BCUT2D eigenvalue weighted by Crippen LogP contribution is -2.41. The molecule has 40 heavy (non-hydrogen) atoms. The van der Waals surface area contributed by atoms with Crippen LogP contribution in [0.15, 0.2) is 48.7 Å². The van der Waals surface area contributed by atoms with Gasteiger partial charge < -0.3 is 31.1 Å². The Bertz CT molecular complexity index is 1310. The second-order valence-corrected chi connectivity index (χ2v) is 9.80. The molecule has 5 N–H and O–H groups in total. The fraction of sp³-hybridized carbons (Fsp3) is 0.320. The molecule has 1 aromatic carbocycles. The van der Waals surface area contributed by atoms with Crippen LogP contribution in [0.4, 0.5) is 35.4 Å². The first-order valence-electron chi connectivity index (χ1n) is 11.8. The topological polar surface area (TPSA) is 150 Å². The van der Waals surface area contributed by atoms with Gasteiger partial charge in [0.1, 0.15) is 17.5 Å². The molecule has 15 heteroatoms. The Labute approximate surface area is 232 Å². The fourth-order valence-electron chi connectivity index (χ4n) is 3.12. The van der Waals surface area contributed by atoms with Crippen LogP contribution in [-0.2, 0) is 6.54 Å². The van der Waals surface area contributed by atoms with Gasteiger partial charge in [0.15, 0.2) is 6.61 Å². The van der Waals surface area contributed by atoms with Crippen molar-refractivity contribution < 1.29 is 32.6 Å². The van der Waals surface area contributed by atoms with Crippen LogP contribution in [0, 0.1) is 5.41 Å². The Morgan fingerprint density at radius 2 is 1.65 bits per heavy atom. The summed E-state index contributed by atoms with van der Waals surface area (Å²) in [6.07, 6.45) is -4.43. The van der Waals surface area contributed by atoms with Crippen molar-refractivity contribution in [1.29, 1.82) is 0 Å². The second-order valence-electron chi connectivity index (χ2n) is 9.37. The number of nitrogens with zero attached hydrogens (tertiary/aromatic N) is 3. The molecule has 0 aliphatic rings. The lowest BCUT2D eigenvalue weighted by Gasteiger charge is -2.24. The zero-order chi connectivity index (χ0) is 29.3. The summed E-state index contributed by atoms with van der Waals surface area (Å²) < 4.78 is 42.8. The molecule has 2 amide bonds. The van der Waals surface area contributed by atoms with Gasteiger partial charge in [0.25, 0.3) is 5.91 Å². The number of amides is 2. The van der Waals surface area contributed by atoms with Crippen molar-refractivity contribution in [2.75, 3.05) is 30.3 Å². The van der Waals surface area contributed by atoms with E-state index < -0.39 is 36.2 Å². The number of carbonyl (C=O) groups is 2. The summed E-state index contributed by atoms with van der Waals surface area (Å²) in [5, 5.41) is 20.2. The van der Waals surface area contributed by atoms with Crippen LogP contribution in [-0.4, -0.2) is 57.9 Å². The Morgan fingerprint density at radius 1 is 0.975 bits per heavy atom. The molecule has 11 nitrogen and oxygen atoms in total. The first-order valence-corrected chi connectivity index (χ1v) is 12.2. The van der Waals surface area contributed by atoms with Gasteiger partial charge in [-0.1, -0.05) is 37.6 Å². The normalized spacial score (nSPS) is 11.4. The van der Waals surface area contributed by atoms with Crippen molar-refractivity contribution >= 4 is 41.1 Å². The zero-order valence-electron chi connectivity index (χ0n) is 21.5. The van der Waals surface area contributed by atoms with E-state index in [1.54, 1.807) is 38.1 Å². The highest BCUT2D eigenvalue weighted by molar-refractivity contribution is 6.30. The van der Waals surface area contributed by atoms with Crippen molar-refractivity contribution in [3.63, 3.8) is 0 Å². The molecule has 0 fully saturated rings. The maximum absolute atomic E-state index is 12.7. The van der Waals surface area contributed by atoms with E-state index in [-0.39, 0.29) is 36.1 Å². The van der Waals surface area contributed by atoms with Crippen molar-refractivity contribution in [3.05, 3.63) is 64.8 Å². The molecule has 0 aliphatic heterocycles. The fourth-order valence-corrected chi connectivity index (χ4v) is 3.24. The van der Waals surface area contributed by atoms with Gasteiger partial charge in [0.2, 0.25) is 0 Å². The molecule has 0 atom stereocenters. The molecule has 0 spiro atoms. The van der Waals surface area contributed by atoms with Crippen LogP contribution in [0.2, 0.25) is 5.02 Å². The number of ether oxygens (including phenoxy) is 1. The maximum atomic E-state index is 12.7. The second kappa shape index (κ2) is 13.2. The van der Waals surface area contributed by atoms with Crippen LogP contribution in [0.3, 0.4) is 0 Å². The third kappa shape index (κ3) is 10.4. The van der Waals surface area contributed by atoms with Gasteiger partial charge in [0, 0.05) is 36.9 Å². The molecular weight excluding hydrogens is 555 g/mol. The van der Waals surface area contributed by atoms with Crippen LogP contribution < -0.4 is 26.0 Å². The van der Waals surface area contributed by atoms with E-state index in [9.17, 15) is 22.8 Å². The largest absolute Gasteiger partial charge is 0.465 e. The van der Waals surface area contributed by atoms with Crippen LogP contribution in [0.25, 0.3) is 0 Å². The number of hydrogen-bond acceptors (Lipinski definition) is 8. The molecule has 2 heterocycles. The number of anilines is 3. The van der Waals surface area contributed by atoms with E-state index in [0.717, 1.165) is 5.56 Å². The highest BCUT2D eigenvalue weighted by Crippen LogP contribution is 2.22. The smallest absolute Gasteiger partial charge is 0.422 e. The molecule has 0 radical (unpaired) electrons. The lowest BCUT2D eigenvalue weighted by atomic mass is 9.93. The minimum atomic E-state index is -4.58. The van der Waals surface area contributed by atoms with E-state index >= 15 is 0 Å². The van der Waals surface area contributed by atoms with Gasteiger partial charge in [-0.15, -0.1) is 0 Å². The zero-order valence-corrected chi connectivity index (χ0v) is 22.2. The third-order valence-corrected chi connectivity index (χ3v) is 5.44. The maximum Gasteiger partial charge on any atom is 0.422 e. The minimum Gasteiger partial charge on any atom is -0.465 e. The van der Waals surface area contributed by atoms with Gasteiger partial charge in [-0.3, -0.25) is 4.79 Å². The predicted molar refractivity (Wildman–Crippen MR) is 142 cm³/mol. The molecule has 0 saturated heterocycles. The van der Waals surface area contributed by atoms with Gasteiger partial charge in [-0.05, 0) is 35.2 Å². The highest BCUT2D eigenvalue weighted by atomic mass is 35.5. The van der Waals surface area contributed by atoms with E-state index in [4.69, 9.17) is 21.4 Å². The van der Waals surface area contributed by atoms with Crippen molar-refractivity contribution in [2.45, 2.75) is 26.6 Å². The summed E-state index contributed by atoms with van der Waals surface area (Å²) in [7, 11) is 0. The number of carbonyl (C=O) groups excluding carboxylic acids is 1. The number of rotatable bonds is 12. The average Bonchev–Trinajstić information content (AvgIpc) is 2.89. The van der Waals surface area contributed by atoms with E-state index in [2.05, 4.69) is 36.2 Å². The first-order chi connectivity index (χ1) is 18.8. The monoisotopic (exact) mass is 581 g/mol. The first kappa shape index (κ1) is 30.2. The van der Waals surface area contributed by atoms with Crippen LogP contribution in [0.1, 0.15) is 29.8 Å². The molecule has 214 valence electrons. The van der Waals surface area contributed by atoms with Gasteiger partial charge in [-0.25, -0.2) is 9.78 Å². The van der Waals surface area contributed by atoms with Gasteiger partial charge >= 0.3 is 18.3 Å². The van der Waals surface area contributed by atoms with E-state index in [0.29, 0.717) is 11.6 Å². The van der Waals surface area contributed by atoms with Crippen LogP contribution in [0.5, 0.6) is 6.01 Å². The standard InChI is InChI=1S/C25H27ClF3N7O4/c1-24(2,13-33-23(38)39)12-32-21(37)16-5-8-18(31-11-16)34-20-9-19(30-10-15-3-6-17(26)7-4-15)35-22(36-20)40-14-25(27,28)29/h3-9,11,33H,10,12-14H2,1-2H3,(H,32,37)(H,38,39)(H2,30,31,34,35,36). The summed E-state index contributed by atoms with van der Waals surface area (Å²) in [4.78, 5) is 35.3. The number of nitrogens with one attached hydrogen (secondary N) is 4. The molecule has 2 aromatic heterocycles. The van der Waals surface area contributed by atoms with Gasteiger partial charge in [0.05, 0.1) is 5.56 Å². The number of benzene rings is 1. The summed E-state index contributed by atoms with van der Waals surface area (Å²) in [5.41, 5.74) is 0.573. The number of halogens is 4.